The molecule has 0 aromatic carbocycles. The highest BCUT2D eigenvalue weighted by atomic mass is 15.2. The van der Waals surface area contributed by atoms with Gasteiger partial charge in [0.25, 0.3) is 0 Å². The van der Waals surface area contributed by atoms with Crippen LogP contribution >= 0.6 is 0 Å². The maximum absolute atomic E-state index is 3.81. The van der Waals surface area contributed by atoms with Crippen LogP contribution in [0.3, 0.4) is 0 Å². The molecule has 0 spiro atoms. The molecule has 2 rings (SSSR count). The van der Waals surface area contributed by atoms with Gasteiger partial charge in [0.1, 0.15) is 0 Å². The summed E-state index contributed by atoms with van der Waals surface area (Å²) < 4.78 is 0. The van der Waals surface area contributed by atoms with E-state index in [1.54, 1.807) is 0 Å². The van der Waals surface area contributed by atoms with Crippen molar-refractivity contribution in [3.05, 3.63) is 0 Å². The Morgan fingerprint density at radius 3 is 2.50 bits per heavy atom. The van der Waals surface area contributed by atoms with E-state index in [0.29, 0.717) is 0 Å². The van der Waals surface area contributed by atoms with Gasteiger partial charge in [-0.2, -0.15) is 0 Å². The fraction of sp³-hybridized carbons (Fsp3) is 1.00. The Balaban J connectivity index is 1.73. The molecular weight excluding hydrogens is 172 g/mol. The van der Waals surface area contributed by atoms with Gasteiger partial charge >= 0.3 is 0 Å². The second-order valence-corrected chi connectivity index (χ2v) is 5.25. The van der Waals surface area contributed by atoms with E-state index < -0.39 is 0 Å². The van der Waals surface area contributed by atoms with Crippen LogP contribution in [-0.2, 0) is 0 Å². The number of likely N-dealkylation sites (tertiary alicyclic amines) is 1. The molecule has 2 atom stereocenters. The van der Waals surface area contributed by atoms with Crippen LogP contribution in [0.15, 0.2) is 0 Å². The first-order valence-electron chi connectivity index (χ1n) is 6.20. The van der Waals surface area contributed by atoms with E-state index in [1.807, 2.05) is 0 Å². The Morgan fingerprint density at radius 2 is 1.93 bits per heavy atom. The summed E-state index contributed by atoms with van der Waals surface area (Å²) in [5, 5.41) is 3.81. The average Bonchev–Trinajstić information content (AvgIpc) is 2.75. The minimum absolute atomic E-state index is 0.744. The van der Waals surface area contributed by atoms with Gasteiger partial charge in [0.05, 0.1) is 0 Å². The minimum atomic E-state index is 0.744. The van der Waals surface area contributed by atoms with Gasteiger partial charge in [0, 0.05) is 18.6 Å². The summed E-state index contributed by atoms with van der Waals surface area (Å²) in [6, 6.07) is 1.50. The number of hydrogen-bond acceptors (Lipinski definition) is 2. The Morgan fingerprint density at radius 1 is 1.21 bits per heavy atom. The smallest absolute Gasteiger partial charge is 0.0209 e. The molecule has 0 bridgehead atoms. The van der Waals surface area contributed by atoms with Crippen molar-refractivity contribution in [3.8, 4) is 0 Å². The Kier molecular flexibility index (Phi) is 3.45. The highest BCUT2D eigenvalue weighted by Gasteiger charge is 2.26. The van der Waals surface area contributed by atoms with Gasteiger partial charge in [-0.1, -0.05) is 12.8 Å². The zero-order valence-corrected chi connectivity index (χ0v) is 9.63. The van der Waals surface area contributed by atoms with Crippen LogP contribution in [0, 0.1) is 5.92 Å². The number of nitrogens with one attached hydrogen (secondary N) is 1. The molecule has 0 radical (unpaired) electrons. The number of nitrogens with zero attached hydrogens (tertiary/aromatic N) is 1. The van der Waals surface area contributed by atoms with Crippen LogP contribution in [-0.4, -0.2) is 37.1 Å². The van der Waals surface area contributed by atoms with Crippen molar-refractivity contribution in [1.29, 1.82) is 0 Å². The van der Waals surface area contributed by atoms with E-state index in [2.05, 4.69) is 24.2 Å². The van der Waals surface area contributed by atoms with Crippen molar-refractivity contribution in [2.24, 2.45) is 5.92 Å². The molecule has 2 unspecified atom stereocenters. The highest BCUT2D eigenvalue weighted by Crippen LogP contribution is 2.28. The maximum Gasteiger partial charge on any atom is 0.0209 e. The molecule has 14 heavy (non-hydrogen) atoms. The van der Waals surface area contributed by atoms with Gasteiger partial charge in [0.2, 0.25) is 0 Å². The van der Waals surface area contributed by atoms with Crippen molar-refractivity contribution in [1.82, 2.24) is 10.2 Å². The van der Waals surface area contributed by atoms with E-state index in [0.717, 1.165) is 18.0 Å². The van der Waals surface area contributed by atoms with E-state index in [9.17, 15) is 0 Å². The van der Waals surface area contributed by atoms with E-state index >= 15 is 0 Å². The molecular formula is C12H24N2. The molecule has 0 aromatic heterocycles. The fourth-order valence-corrected chi connectivity index (χ4v) is 3.04. The molecule has 2 nitrogen and oxygen atoms in total. The zero-order chi connectivity index (χ0) is 9.97. The summed E-state index contributed by atoms with van der Waals surface area (Å²) in [7, 11) is 2.22. The normalized spacial score (nSPS) is 32.6. The van der Waals surface area contributed by atoms with Crippen LogP contribution in [0.5, 0.6) is 0 Å². The lowest BCUT2D eigenvalue weighted by Gasteiger charge is -2.24. The summed E-state index contributed by atoms with van der Waals surface area (Å²) in [5.74, 6) is 0.959. The third kappa shape index (κ3) is 2.48. The summed E-state index contributed by atoms with van der Waals surface area (Å²) >= 11 is 0. The highest BCUT2D eigenvalue weighted by molar-refractivity contribution is 4.85. The lowest BCUT2D eigenvalue weighted by atomic mass is 9.99. The van der Waals surface area contributed by atoms with Gasteiger partial charge in [-0.15, -0.1) is 0 Å². The average molecular weight is 196 g/mol. The van der Waals surface area contributed by atoms with Gasteiger partial charge in [-0.3, -0.25) is 0 Å². The van der Waals surface area contributed by atoms with Gasteiger partial charge < -0.3 is 10.2 Å². The zero-order valence-electron chi connectivity index (χ0n) is 9.63. The summed E-state index contributed by atoms with van der Waals surface area (Å²) in [6.07, 6.45) is 7.17. The fourth-order valence-electron chi connectivity index (χ4n) is 3.04. The van der Waals surface area contributed by atoms with Crippen molar-refractivity contribution >= 4 is 0 Å². The van der Waals surface area contributed by atoms with Crippen molar-refractivity contribution < 1.29 is 0 Å². The van der Waals surface area contributed by atoms with Gasteiger partial charge in [-0.25, -0.2) is 0 Å². The molecule has 1 aliphatic heterocycles. The van der Waals surface area contributed by atoms with Crippen LogP contribution < -0.4 is 5.32 Å². The monoisotopic (exact) mass is 196 g/mol. The second kappa shape index (κ2) is 4.63. The lowest BCUT2D eigenvalue weighted by Crippen LogP contribution is -2.41. The predicted molar refractivity (Wildman–Crippen MR) is 60.5 cm³/mol. The molecule has 0 amide bonds. The molecule has 82 valence electrons. The number of likely N-dealkylation sites (N-methyl/N-ethyl adjacent to an activating group) is 1. The van der Waals surface area contributed by atoms with Crippen LogP contribution in [0.25, 0.3) is 0 Å². The molecule has 1 saturated heterocycles. The first-order valence-corrected chi connectivity index (χ1v) is 6.20. The molecule has 0 aromatic rings. The van der Waals surface area contributed by atoms with Crippen LogP contribution in [0.1, 0.15) is 39.0 Å². The van der Waals surface area contributed by atoms with E-state index in [-0.39, 0.29) is 0 Å². The Bertz CT molecular complexity index is 175. The van der Waals surface area contributed by atoms with Gasteiger partial charge in [-0.05, 0) is 45.7 Å². The topological polar surface area (TPSA) is 15.3 Å². The van der Waals surface area contributed by atoms with Crippen molar-refractivity contribution in [3.63, 3.8) is 0 Å². The molecule has 1 N–H and O–H groups in total. The first kappa shape index (κ1) is 10.4. The molecule has 2 fully saturated rings. The first-order chi connectivity index (χ1) is 6.75. The molecule has 1 aliphatic carbocycles. The largest absolute Gasteiger partial charge is 0.310 e. The minimum Gasteiger partial charge on any atom is -0.310 e. The third-order valence-electron chi connectivity index (χ3n) is 4.00. The standard InChI is InChI=1S/C12H24N2/c1-10(11-5-3-4-6-11)13-12-7-8-14(2)9-12/h10-13H,3-9H2,1-2H3. The summed E-state index contributed by atoms with van der Waals surface area (Å²) in [5.41, 5.74) is 0. The Hall–Kier alpha value is -0.0800. The third-order valence-corrected chi connectivity index (χ3v) is 4.00. The van der Waals surface area contributed by atoms with Gasteiger partial charge in [0.15, 0.2) is 0 Å². The SMILES string of the molecule is CC(NC1CCN(C)C1)C1CCCC1. The second-order valence-electron chi connectivity index (χ2n) is 5.25. The predicted octanol–water partition coefficient (Wildman–Crippen LogP) is 1.86. The lowest BCUT2D eigenvalue weighted by molar-refractivity contribution is 0.331. The van der Waals surface area contributed by atoms with E-state index in [1.165, 1.54) is 45.2 Å². The number of hydrogen-bond donors (Lipinski definition) is 1. The Labute approximate surface area is 88.1 Å². The molecule has 1 saturated carbocycles. The quantitative estimate of drug-likeness (QED) is 0.741. The summed E-state index contributed by atoms with van der Waals surface area (Å²) in [4.78, 5) is 2.43. The van der Waals surface area contributed by atoms with Crippen LogP contribution in [0.4, 0.5) is 0 Å². The summed E-state index contributed by atoms with van der Waals surface area (Å²) in [6.45, 7) is 4.90. The molecule has 2 aliphatic rings. The maximum atomic E-state index is 3.81. The number of rotatable bonds is 3. The van der Waals surface area contributed by atoms with Crippen LogP contribution in [0.2, 0.25) is 0 Å². The molecule has 1 heterocycles. The van der Waals surface area contributed by atoms with Crippen molar-refractivity contribution in [2.45, 2.75) is 51.1 Å². The van der Waals surface area contributed by atoms with Crippen molar-refractivity contribution in [2.75, 3.05) is 20.1 Å². The molecule has 2 heteroatoms. The van der Waals surface area contributed by atoms with E-state index in [4.69, 9.17) is 0 Å².